The van der Waals surface area contributed by atoms with Crippen LogP contribution in [0.3, 0.4) is 0 Å². The first kappa shape index (κ1) is 59.8. The zero-order valence-electron chi connectivity index (χ0n) is 41.1. The van der Waals surface area contributed by atoms with Crippen LogP contribution in [-0.2, 0) is 14.3 Å². The topological polar surface area (TPSA) is 95.9 Å². The second-order valence-electron chi connectivity index (χ2n) is 18.2. The molecule has 362 valence electrons. The Kier molecular flexibility index (Phi) is 49.6. The third-order valence-corrected chi connectivity index (χ3v) is 12.1. The Hall–Kier alpha value is -2.18. The zero-order valence-corrected chi connectivity index (χ0v) is 41.1. The predicted octanol–water partition coefficient (Wildman–Crippen LogP) is 16.2. The van der Waals surface area contributed by atoms with Gasteiger partial charge in [0.1, 0.15) is 0 Å². The van der Waals surface area contributed by atoms with Crippen LogP contribution in [0.5, 0.6) is 0 Å². The molecule has 0 saturated heterocycles. The standard InChI is InChI=1S/C56H103NO5/c1-3-5-7-9-11-13-14-15-16-17-18-21-24-27-30-34-38-42-46-50-56(61)62-51-47-43-39-35-31-28-25-22-19-20-23-26-29-33-37-41-45-49-55(60)57-53(52-58)54(59)48-44-40-36-32-12-10-8-6-4-2/h15-16,19,22,28,31,44,48,53-54,58-59H,3-14,17-18,20-21,23-27,29-30,32-43,45-47,49-52H2,1-2H3,(H,57,60)/b16-15-,22-19-,31-28-,48-44+. The van der Waals surface area contributed by atoms with Crippen LogP contribution in [0.2, 0.25) is 0 Å². The number of amides is 1. The molecule has 0 aliphatic heterocycles. The van der Waals surface area contributed by atoms with Gasteiger partial charge < -0.3 is 20.3 Å². The Morgan fingerprint density at radius 1 is 0.452 bits per heavy atom. The number of allylic oxidation sites excluding steroid dienone is 7. The third kappa shape index (κ3) is 47.3. The minimum atomic E-state index is -0.853. The van der Waals surface area contributed by atoms with Crippen LogP contribution in [0.4, 0.5) is 0 Å². The summed E-state index contributed by atoms with van der Waals surface area (Å²) in [7, 11) is 0. The molecule has 0 spiro atoms. The average molecular weight is 870 g/mol. The summed E-state index contributed by atoms with van der Waals surface area (Å²) in [6.45, 7) is 4.82. The maximum atomic E-state index is 12.4. The number of nitrogens with one attached hydrogen (secondary N) is 1. The highest BCUT2D eigenvalue weighted by Crippen LogP contribution is 2.15. The largest absolute Gasteiger partial charge is 0.466 e. The van der Waals surface area contributed by atoms with E-state index in [1.165, 1.54) is 161 Å². The predicted molar refractivity (Wildman–Crippen MR) is 269 cm³/mol. The molecular weight excluding hydrogens is 767 g/mol. The van der Waals surface area contributed by atoms with E-state index >= 15 is 0 Å². The van der Waals surface area contributed by atoms with Gasteiger partial charge in [-0.05, 0) is 96.3 Å². The Morgan fingerprint density at radius 2 is 0.806 bits per heavy atom. The highest BCUT2D eigenvalue weighted by Gasteiger charge is 2.18. The van der Waals surface area contributed by atoms with Crippen molar-refractivity contribution in [3.8, 4) is 0 Å². The Balaban J connectivity index is 3.48. The summed E-state index contributed by atoms with van der Waals surface area (Å²) in [6.07, 6.45) is 64.2. The van der Waals surface area contributed by atoms with Crippen molar-refractivity contribution in [2.24, 2.45) is 0 Å². The molecule has 0 aromatic rings. The van der Waals surface area contributed by atoms with Crippen molar-refractivity contribution < 1.29 is 24.5 Å². The number of carbonyl (C=O) groups excluding carboxylic acids is 2. The summed E-state index contributed by atoms with van der Waals surface area (Å²) in [5.41, 5.74) is 0. The first-order chi connectivity index (χ1) is 30.5. The van der Waals surface area contributed by atoms with Gasteiger partial charge in [0.15, 0.2) is 0 Å². The monoisotopic (exact) mass is 870 g/mol. The van der Waals surface area contributed by atoms with Crippen molar-refractivity contribution in [2.75, 3.05) is 13.2 Å². The van der Waals surface area contributed by atoms with Crippen molar-refractivity contribution in [1.82, 2.24) is 5.32 Å². The van der Waals surface area contributed by atoms with E-state index in [-0.39, 0.29) is 18.5 Å². The molecule has 6 heteroatoms. The zero-order chi connectivity index (χ0) is 45.1. The molecule has 0 rings (SSSR count). The van der Waals surface area contributed by atoms with Gasteiger partial charge in [-0.15, -0.1) is 0 Å². The molecule has 0 saturated carbocycles. The summed E-state index contributed by atoms with van der Waals surface area (Å²) < 4.78 is 5.46. The fourth-order valence-electron chi connectivity index (χ4n) is 7.89. The first-order valence-corrected chi connectivity index (χ1v) is 26.9. The average Bonchev–Trinajstić information content (AvgIpc) is 3.27. The number of ether oxygens (including phenoxy) is 1. The number of hydrogen-bond donors (Lipinski definition) is 3. The smallest absolute Gasteiger partial charge is 0.305 e. The second-order valence-corrected chi connectivity index (χ2v) is 18.2. The van der Waals surface area contributed by atoms with Crippen molar-refractivity contribution in [3.05, 3.63) is 48.6 Å². The molecule has 0 aromatic carbocycles. The number of aliphatic hydroxyl groups excluding tert-OH is 2. The summed E-state index contributed by atoms with van der Waals surface area (Å²) in [6, 6.07) is -0.638. The molecule has 0 heterocycles. The maximum absolute atomic E-state index is 12.4. The number of aliphatic hydroxyl groups is 2. The molecule has 3 N–H and O–H groups in total. The number of hydrogen-bond acceptors (Lipinski definition) is 5. The van der Waals surface area contributed by atoms with E-state index in [0.29, 0.717) is 19.4 Å². The SMILES string of the molecule is CCCCCCCC/C=C\CCCCCCCCCCCC(=O)OCCCCC/C=C\C/C=C\CCCCCCCCCC(=O)NC(CO)C(O)/C=C/CCCCCCCCC. The Bertz CT molecular complexity index is 1050. The maximum Gasteiger partial charge on any atom is 0.305 e. The fourth-order valence-corrected chi connectivity index (χ4v) is 7.89. The molecule has 6 nitrogen and oxygen atoms in total. The molecule has 2 atom stereocenters. The normalized spacial score (nSPS) is 13.0. The lowest BCUT2D eigenvalue weighted by atomic mass is 10.1. The molecule has 0 fully saturated rings. The number of rotatable bonds is 49. The minimum absolute atomic E-state index is 0.0179. The fraction of sp³-hybridized carbons (Fsp3) is 0.821. The first-order valence-electron chi connectivity index (χ1n) is 26.9. The van der Waals surface area contributed by atoms with E-state index in [1.54, 1.807) is 6.08 Å². The summed E-state index contributed by atoms with van der Waals surface area (Å²) in [5, 5.41) is 22.9. The second kappa shape index (κ2) is 51.5. The van der Waals surface area contributed by atoms with Gasteiger partial charge in [0.25, 0.3) is 0 Å². The quantitative estimate of drug-likeness (QED) is 0.0322. The van der Waals surface area contributed by atoms with Gasteiger partial charge in [-0.3, -0.25) is 9.59 Å². The third-order valence-electron chi connectivity index (χ3n) is 12.1. The minimum Gasteiger partial charge on any atom is -0.466 e. The molecule has 0 radical (unpaired) electrons. The van der Waals surface area contributed by atoms with Gasteiger partial charge >= 0.3 is 5.97 Å². The molecule has 2 unspecified atom stereocenters. The Morgan fingerprint density at radius 3 is 1.24 bits per heavy atom. The number of carbonyl (C=O) groups is 2. The molecule has 0 aliphatic rings. The molecule has 0 aliphatic carbocycles. The lowest BCUT2D eigenvalue weighted by molar-refractivity contribution is -0.143. The van der Waals surface area contributed by atoms with Gasteiger partial charge in [0.2, 0.25) is 5.91 Å². The van der Waals surface area contributed by atoms with Crippen LogP contribution in [-0.4, -0.2) is 47.4 Å². The number of unbranched alkanes of at least 4 members (excludes halogenated alkanes) is 32. The van der Waals surface area contributed by atoms with Crippen LogP contribution in [0.1, 0.15) is 271 Å². The van der Waals surface area contributed by atoms with Crippen LogP contribution in [0.15, 0.2) is 48.6 Å². The highest BCUT2D eigenvalue weighted by atomic mass is 16.5. The molecule has 1 amide bonds. The van der Waals surface area contributed by atoms with Crippen LogP contribution in [0, 0.1) is 0 Å². The van der Waals surface area contributed by atoms with Crippen molar-refractivity contribution in [3.63, 3.8) is 0 Å². The summed E-state index contributed by atoms with van der Waals surface area (Å²) >= 11 is 0. The van der Waals surface area contributed by atoms with E-state index in [4.69, 9.17) is 4.74 Å². The highest BCUT2D eigenvalue weighted by molar-refractivity contribution is 5.76. The van der Waals surface area contributed by atoms with E-state index in [0.717, 1.165) is 83.5 Å². The molecule has 0 aromatic heterocycles. The van der Waals surface area contributed by atoms with E-state index in [9.17, 15) is 19.8 Å². The van der Waals surface area contributed by atoms with Crippen molar-refractivity contribution in [2.45, 2.75) is 283 Å². The lowest BCUT2D eigenvalue weighted by Crippen LogP contribution is -2.45. The van der Waals surface area contributed by atoms with Gasteiger partial charge in [-0.1, -0.05) is 210 Å². The molecular formula is C56H103NO5. The van der Waals surface area contributed by atoms with E-state index < -0.39 is 12.1 Å². The van der Waals surface area contributed by atoms with E-state index in [2.05, 4.69) is 55.6 Å². The lowest BCUT2D eigenvalue weighted by Gasteiger charge is -2.20. The van der Waals surface area contributed by atoms with E-state index in [1.807, 2.05) is 6.08 Å². The summed E-state index contributed by atoms with van der Waals surface area (Å²) in [5.74, 6) is -0.106. The summed E-state index contributed by atoms with van der Waals surface area (Å²) in [4.78, 5) is 24.4. The molecule has 62 heavy (non-hydrogen) atoms. The van der Waals surface area contributed by atoms with Gasteiger partial charge in [-0.25, -0.2) is 0 Å². The number of esters is 1. The van der Waals surface area contributed by atoms with Crippen LogP contribution in [0.25, 0.3) is 0 Å². The van der Waals surface area contributed by atoms with Gasteiger partial charge in [0, 0.05) is 12.8 Å². The molecule has 0 bridgehead atoms. The Labute approximate surface area is 385 Å². The van der Waals surface area contributed by atoms with Gasteiger partial charge in [0.05, 0.1) is 25.4 Å². The van der Waals surface area contributed by atoms with Crippen molar-refractivity contribution >= 4 is 11.9 Å². The van der Waals surface area contributed by atoms with Gasteiger partial charge in [-0.2, -0.15) is 0 Å². The van der Waals surface area contributed by atoms with Crippen LogP contribution >= 0.6 is 0 Å². The van der Waals surface area contributed by atoms with Crippen LogP contribution < -0.4 is 5.32 Å². The van der Waals surface area contributed by atoms with Crippen molar-refractivity contribution in [1.29, 1.82) is 0 Å².